The molecule has 0 bridgehead atoms. The normalized spacial score (nSPS) is 20.2. The lowest BCUT2D eigenvalue weighted by Crippen LogP contribution is -2.52. The summed E-state index contributed by atoms with van der Waals surface area (Å²) in [5.74, 6) is 0.000966. The molecule has 0 radical (unpaired) electrons. The van der Waals surface area contributed by atoms with Crippen molar-refractivity contribution in [2.24, 2.45) is 5.92 Å². The van der Waals surface area contributed by atoms with Gasteiger partial charge in [-0.2, -0.15) is 13.2 Å². The number of nitro benzene ring substituents is 1. The van der Waals surface area contributed by atoms with Crippen LogP contribution in [0.1, 0.15) is 31.2 Å². The zero-order valence-electron chi connectivity index (χ0n) is 21.1. The van der Waals surface area contributed by atoms with Crippen LogP contribution in [0.2, 0.25) is 0 Å². The quantitative estimate of drug-likeness (QED) is 0.295. The number of carbonyl (C=O) groups is 1. The lowest BCUT2D eigenvalue weighted by atomic mass is 9.85. The van der Waals surface area contributed by atoms with Gasteiger partial charge in [-0.05, 0) is 68.0 Å². The van der Waals surface area contributed by atoms with Gasteiger partial charge in [0.2, 0.25) is 0 Å². The Labute approximate surface area is 218 Å². The van der Waals surface area contributed by atoms with Crippen molar-refractivity contribution in [1.82, 2.24) is 9.80 Å². The van der Waals surface area contributed by atoms with Gasteiger partial charge in [0, 0.05) is 63.3 Å². The molecule has 0 atom stereocenters. The van der Waals surface area contributed by atoms with Crippen LogP contribution in [0.4, 0.5) is 39.4 Å². The predicted molar refractivity (Wildman–Crippen MR) is 136 cm³/mol. The van der Waals surface area contributed by atoms with E-state index in [1.165, 1.54) is 18.2 Å². The standard InChI is InChI=1S/C26H31F4N5O3/c1-32(25(36)34-14-12-33(13-15-34)22-9-4-19(27)5-10-22)17-18-2-6-20(7-3-18)31-21-8-11-24(35(37)38)23(16-21)26(28,29)30/h4-5,8-11,16,18,20,31H,2-3,6-7,12-15,17H2,1H3/t18-,20-. The summed E-state index contributed by atoms with van der Waals surface area (Å²) >= 11 is 0. The molecular weight excluding hydrogens is 506 g/mol. The fourth-order valence-electron chi connectivity index (χ4n) is 5.25. The van der Waals surface area contributed by atoms with Gasteiger partial charge >= 0.3 is 12.2 Å². The van der Waals surface area contributed by atoms with E-state index in [4.69, 9.17) is 0 Å². The largest absolute Gasteiger partial charge is 0.423 e. The molecule has 0 unspecified atom stereocenters. The van der Waals surface area contributed by atoms with Gasteiger partial charge in [-0.15, -0.1) is 0 Å². The summed E-state index contributed by atoms with van der Waals surface area (Å²) < 4.78 is 53.0. The summed E-state index contributed by atoms with van der Waals surface area (Å²) in [7, 11) is 1.79. The molecule has 12 heteroatoms. The van der Waals surface area contributed by atoms with Crippen molar-refractivity contribution in [3.63, 3.8) is 0 Å². The van der Waals surface area contributed by atoms with Crippen molar-refractivity contribution in [3.05, 3.63) is 64.0 Å². The van der Waals surface area contributed by atoms with E-state index in [9.17, 15) is 32.5 Å². The first kappa shape index (κ1) is 27.5. The number of hydrogen-bond acceptors (Lipinski definition) is 5. The van der Waals surface area contributed by atoms with Crippen LogP contribution >= 0.6 is 0 Å². The molecule has 1 N–H and O–H groups in total. The third-order valence-corrected chi connectivity index (χ3v) is 7.32. The first-order chi connectivity index (χ1) is 18.0. The van der Waals surface area contributed by atoms with E-state index in [1.807, 2.05) is 4.90 Å². The highest BCUT2D eigenvalue weighted by molar-refractivity contribution is 5.74. The molecule has 2 amide bonds. The van der Waals surface area contributed by atoms with Crippen molar-refractivity contribution in [2.75, 3.05) is 50.0 Å². The molecule has 8 nitrogen and oxygen atoms in total. The number of piperazine rings is 1. The van der Waals surface area contributed by atoms with Crippen molar-refractivity contribution in [3.8, 4) is 0 Å². The number of amides is 2. The summed E-state index contributed by atoms with van der Waals surface area (Å²) in [5.41, 5.74) is -1.09. The highest BCUT2D eigenvalue weighted by Gasteiger charge is 2.38. The van der Waals surface area contributed by atoms with Gasteiger partial charge in [-0.1, -0.05) is 0 Å². The number of nitrogens with zero attached hydrogens (tertiary/aromatic N) is 4. The van der Waals surface area contributed by atoms with Crippen molar-refractivity contribution >= 4 is 23.1 Å². The van der Waals surface area contributed by atoms with Gasteiger partial charge in [0.05, 0.1) is 4.92 Å². The minimum absolute atomic E-state index is 0.0328. The summed E-state index contributed by atoms with van der Waals surface area (Å²) in [4.78, 5) is 28.6. The predicted octanol–water partition coefficient (Wildman–Crippen LogP) is 5.60. The highest BCUT2D eigenvalue weighted by Crippen LogP contribution is 2.38. The molecule has 0 aromatic heterocycles. The number of nitro groups is 1. The SMILES string of the molecule is CN(C[C@H]1CC[C@H](Nc2ccc([N+](=O)[O-])c(C(F)(F)F)c2)CC1)C(=O)N1CCN(c2ccc(F)cc2)CC1. The molecule has 1 saturated heterocycles. The molecule has 2 aromatic carbocycles. The van der Waals surface area contributed by atoms with E-state index in [0.717, 1.165) is 43.5 Å². The number of carbonyl (C=O) groups excluding carboxylic acids is 1. The van der Waals surface area contributed by atoms with Gasteiger partial charge in [0.25, 0.3) is 5.69 Å². The van der Waals surface area contributed by atoms with Crippen LogP contribution in [0.5, 0.6) is 0 Å². The van der Waals surface area contributed by atoms with E-state index in [0.29, 0.717) is 32.7 Å². The summed E-state index contributed by atoms with van der Waals surface area (Å²) in [5, 5.41) is 14.1. The molecule has 206 valence electrons. The minimum atomic E-state index is -4.82. The van der Waals surface area contributed by atoms with E-state index >= 15 is 0 Å². The second kappa shape index (κ2) is 11.4. The topological polar surface area (TPSA) is 82.0 Å². The van der Waals surface area contributed by atoms with E-state index < -0.39 is 22.4 Å². The summed E-state index contributed by atoms with van der Waals surface area (Å²) in [6, 6.07) is 9.24. The Balaban J connectivity index is 1.23. The zero-order chi connectivity index (χ0) is 27.4. The minimum Gasteiger partial charge on any atom is -0.382 e. The van der Waals surface area contributed by atoms with Crippen LogP contribution in [0.25, 0.3) is 0 Å². The second-order valence-electron chi connectivity index (χ2n) is 9.96. The average molecular weight is 538 g/mol. The molecule has 2 aliphatic rings. The zero-order valence-corrected chi connectivity index (χ0v) is 21.1. The number of benzene rings is 2. The third-order valence-electron chi connectivity index (χ3n) is 7.32. The van der Waals surface area contributed by atoms with E-state index in [-0.39, 0.29) is 29.5 Å². The maximum absolute atomic E-state index is 13.3. The fourth-order valence-corrected chi connectivity index (χ4v) is 5.25. The Morgan fingerprint density at radius 1 is 1.05 bits per heavy atom. The Hall–Kier alpha value is -3.57. The second-order valence-corrected chi connectivity index (χ2v) is 9.96. The monoisotopic (exact) mass is 537 g/mol. The molecule has 1 aliphatic heterocycles. The number of alkyl halides is 3. The summed E-state index contributed by atoms with van der Waals surface area (Å²) in [6.45, 7) is 3.08. The fraction of sp³-hybridized carbons (Fsp3) is 0.500. The molecule has 2 fully saturated rings. The molecule has 4 rings (SSSR count). The molecule has 1 saturated carbocycles. The Morgan fingerprint density at radius 2 is 1.68 bits per heavy atom. The number of rotatable bonds is 6. The van der Waals surface area contributed by atoms with Gasteiger partial charge in [0.15, 0.2) is 0 Å². The molecular formula is C26H31F4N5O3. The van der Waals surface area contributed by atoms with Gasteiger partial charge < -0.3 is 20.0 Å². The first-order valence-electron chi connectivity index (χ1n) is 12.6. The van der Waals surface area contributed by atoms with Gasteiger partial charge in [0.1, 0.15) is 11.4 Å². The number of anilines is 2. The number of halogens is 4. The van der Waals surface area contributed by atoms with E-state index in [1.54, 1.807) is 24.1 Å². The number of nitrogens with one attached hydrogen (secondary N) is 1. The van der Waals surface area contributed by atoms with Crippen molar-refractivity contribution < 1.29 is 27.3 Å². The Kier molecular flexibility index (Phi) is 8.27. The highest BCUT2D eigenvalue weighted by atomic mass is 19.4. The van der Waals surface area contributed by atoms with Crippen LogP contribution in [0, 0.1) is 21.8 Å². The maximum atomic E-state index is 13.3. The van der Waals surface area contributed by atoms with Crippen molar-refractivity contribution in [1.29, 1.82) is 0 Å². The molecule has 38 heavy (non-hydrogen) atoms. The van der Waals surface area contributed by atoms with Crippen molar-refractivity contribution in [2.45, 2.75) is 37.9 Å². The molecule has 2 aromatic rings. The molecule has 1 heterocycles. The van der Waals surface area contributed by atoms with Crippen LogP contribution in [-0.4, -0.2) is 66.6 Å². The molecule has 0 spiro atoms. The van der Waals surface area contributed by atoms with Crippen LogP contribution < -0.4 is 10.2 Å². The Morgan fingerprint density at radius 3 is 2.26 bits per heavy atom. The summed E-state index contributed by atoms with van der Waals surface area (Å²) in [6.07, 6.45) is -1.75. The third kappa shape index (κ3) is 6.65. The van der Waals surface area contributed by atoms with Crippen LogP contribution in [-0.2, 0) is 6.18 Å². The maximum Gasteiger partial charge on any atom is 0.423 e. The van der Waals surface area contributed by atoms with E-state index in [2.05, 4.69) is 10.2 Å². The number of urea groups is 1. The molecule has 1 aliphatic carbocycles. The smallest absolute Gasteiger partial charge is 0.382 e. The van der Waals surface area contributed by atoms with Crippen LogP contribution in [0.15, 0.2) is 42.5 Å². The Bertz CT molecular complexity index is 1130. The number of hydrogen-bond donors (Lipinski definition) is 1. The first-order valence-corrected chi connectivity index (χ1v) is 12.6. The lowest BCUT2D eigenvalue weighted by molar-refractivity contribution is -0.388. The lowest BCUT2D eigenvalue weighted by Gasteiger charge is -2.39. The average Bonchev–Trinajstić information content (AvgIpc) is 2.89. The van der Waals surface area contributed by atoms with Gasteiger partial charge in [-0.3, -0.25) is 10.1 Å². The van der Waals surface area contributed by atoms with Crippen LogP contribution in [0.3, 0.4) is 0 Å². The van der Waals surface area contributed by atoms with Gasteiger partial charge in [-0.25, -0.2) is 9.18 Å².